The van der Waals surface area contributed by atoms with Crippen molar-refractivity contribution in [1.29, 1.82) is 0 Å². The molecule has 3 N–H and O–H groups in total. The summed E-state index contributed by atoms with van der Waals surface area (Å²) >= 11 is 3.19. The first-order valence-electron chi connectivity index (χ1n) is 6.10. The van der Waals surface area contributed by atoms with E-state index in [9.17, 15) is 4.39 Å². The molecule has 2 nitrogen and oxygen atoms in total. The summed E-state index contributed by atoms with van der Waals surface area (Å²) in [5, 5.41) is 0. The zero-order valence-corrected chi connectivity index (χ0v) is 11.8. The van der Waals surface area contributed by atoms with Crippen molar-refractivity contribution in [1.82, 2.24) is 5.43 Å². The van der Waals surface area contributed by atoms with E-state index in [-0.39, 0.29) is 11.9 Å². The van der Waals surface area contributed by atoms with Crippen LogP contribution in [-0.2, 0) is 0 Å². The van der Waals surface area contributed by atoms with Gasteiger partial charge in [0.15, 0.2) is 0 Å². The highest BCUT2D eigenvalue weighted by molar-refractivity contribution is 9.10. The van der Waals surface area contributed by atoms with E-state index in [2.05, 4.69) is 28.3 Å². The molecular weight excluding hydrogens is 283 g/mol. The van der Waals surface area contributed by atoms with Crippen LogP contribution in [0.3, 0.4) is 0 Å². The lowest BCUT2D eigenvalue weighted by atomic mass is 10.00. The Morgan fingerprint density at radius 3 is 2.76 bits per heavy atom. The summed E-state index contributed by atoms with van der Waals surface area (Å²) in [5.41, 5.74) is 3.34. The Hall–Kier alpha value is -0.450. The van der Waals surface area contributed by atoms with Gasteiger partial charge in [0.2, 0.25) is 0 Å². The minimum atomic E-state index is -0.217. The van der Waals surface area contributed by atoms with Crippen LogP contribution in [-0.4, -0.2) is 0 Å². The largest absolute Gasteiger partial charge is 0.271 e. The van der Waals surface area contributed by atoms with Crippen LogP contribution in [0.25, 0.3) is 0 Å². The number of hydrazine groups is 1. The molecule has 0 aliphatic carbocycles. The minimum absolute atomic E-state index is 0.107. The number of nitrogens with one attached hydrogen (secondary N) is 1. The molecule has 0 aliphatic heterocycles. The quantitative estimate of drug-likeness (QED) is 0.453. The number of benzene rings is 1. The molecule has 0 aromatic heterocycles. The summed E-state index contributed by atoms with van der Waals surface area (Å²) in [6, 6.07) is 5.21. The number of hydrogen-bond donors (Lipinski definition) is 2. The lowest BCUT2D eigenvalue weighted by molar-refractivity contribution is 0.459. The summed E-state index contributed by atoms with van der Waals surface area (Å²) < 4.78 is 14.4. The van der Waals surface area contributed by atoms with Crippen LogP contribution in [0, 0.1) is 5.82 Å². The Balaban J connectivity index is 2.63. The summed E-state index contributed by atoms with van der Waals surface area (Å²) in [7, 11) is 0. The zero-order valence-electron chi connectivity index (χ0n) is 10.2. The van der Waals surface area contributed by atoms with Gasteiger partial charge in [-0.3, -0.25) is 11.3 Å². The van der Waals surface area contributed by atoms with Gasteiger partial charge in [-0.1, -0.05) is 44.7 Å². The molecule has 1 aromatic rings. The van der Waals surface area contributed by atoms with E-state index in [0.29, 0.717) is 10.0 Å². The van der Waals surface area contributed by atoms with Gasteiger partial charge >= 0.3 is 0 Å². The van der Waals surface area contributed by atoms with Crippen LogP contribution < -0.4 is 11.3 Å². The second-order valence-corrected chi connectivity index (χ2v) is 5.07. The van der Waals surface area contributed by atoms with Gasteiger partial charge in [-0.05, 0) is 28.4 Å². The van der Waals surface area contributed by atoms with Gasteiger partial charge in [0, 0.05) is 11.6 Å². The highest BCUT2D eigenvalue weighted by Gasteiger charge is 2.15. The zero-order chi connectivity index (χ0) is 12.7. The Kier molecular flexibility index (Phi) is 6.70. The maximum atomic E-state index is 13.9. The molecule has 0 aliphatic rings. The molecule has 96 valence electrons. The molecule has 1 atom stereocenters. The van der Waals surface area contributed by atoms with Crippen molar-refractivity contribution in [2.24, 2.45) is 5.84 Å². The van der Waals surface area contributed by atoms with Crippen LogP contribution >= 0.6 is 15.9 Å². The Labute approximate surface area is 111 Å². The maximum absolute atomic E-state index is 13.9. The monoisotopic (exact) mass is 302 g/mol. The smallest absolute Gasteiger partial charge is 0.142 e. The van der Waals surface area contributed by atoms with Crippen molar-refractivity contribution in [2.75, 3.05) is 0 Å². The Morgan fingerprint density at radius 1 is 1.35 bits per heavy atom. The summed E-state index contributed by atoms with van der Waals surface area (Å²) in [6.07, 6.45) is 5.52. The molecule has 0 radical (unpaired) electrons. The summed E-state index contributed by atoms with van der Waals surface area (Å²) in [4.78, 5) is 0. The van der Waals surface area contributed by atoms with Crippen molar-refractivity contribution in [3.63, 3.8) is 0 Å². The van der Waals surface area contributed by atoms with Crippen molar-refractivity contribution < 1.29 is 4.39 Å². The minimum Gasteiger partial charge on any atom is -0.271 e. The molecule has 1 aromatic carbocycles. The molecule has 0 saturated carbocycles. The Bertz CT molecular complexity index is 344. The van der Waals surface area contributed by atoms with E-state index >= 15 is 0 Å². The van der Waals surface area contributed by atoms with Gasteiger partial charge in [-0.15, -0.1) is 0 Å². The third-order valence-corrected chi connectivity index (χ3v) is 3.52. The van der Waals surface area contributed by atoms with Crippen molar-refractivity contribution in [3.8, 4) is 0 Å². The third-order valence-electron chi connectivity index (χ3n) is 2.90. The van der Waals surface area contributed by atoms with Crippen molar-refractivity contribution in [3.05, 3.63) is 34.1 Å². The van der Waals surface area contributed by atoms with E-state index in [0.717, 1.165) is 12.8 Å². The highest BCUT2D eigenvalue weighted by Crippen LogP contribution is 2.26. The van der Waals surface area contributed by atoms with Crippen molar-refractivity contribution >= 4 is 15.9 Å². The molecule has 0 saturated heterocycles. The fourth-order valence-electron chi connectivity index (χ4n) is 1.89. The molecule has 0 fully saturated rings. The number of hydrogen-bond acceptors (Lipinski definition) is 2. The van der Waals surface area contributed by atoms with Crippen molar-refractivity contribution in [2.45, 2.75) is 45.1 Å². The standard InChI is InChI=1S/C13H20BrFN2/c1-2-3-4-5-9-12(17-16)10-7-6-8-11(14)13(10)15/h6-8,12,17H,2-5,9,16H2,1H3. The number of rotatable bonds is 7. The first-order valence-corrected chi connectivity index (χ1v) is 6.90. The van der Waals surface area contributed by atoms with Gasteiger partial charge in [-0.2, -0.15) is 0 Å². The third kappa shape index (κ3) is 4.37. The SMILES string of the molecule is CCCCCCC(NN)c1cccc(Br)c1F. The first-order chi connectivity index (χ1) is 8.20. The predicted octanol–water partition coefficient (Wildman–Crippen LogP) is 4.06. The molecule has 0 bridgehead atoms. The van der Waals surface area contributed by atoms with E-state index in [4.69, 9.17) is 5.84 Å². The summed E-state index contributed by atoms with van der Waals surface area (Å²) in [5.74, 6) is 5.29. The molecular formula is C13H20BrFN2. The van der Waals surface area contributed by atoms with Gasteiger partial charge in [-0.25, -0.2) is 4.39 Å². The van der Waals surface area contributed by atoms with E-state index in [1.807, 2.05) is 6.07 Å². The van der Waals surface area contributed by atoms with Crippen LogP contribution in [0.5, 0.6) is 0 Å². The van der Waals surface area contributed by atoms with Crippen LogP contribution in [0.4, 0.5) is 4.39 Å². The molecule has 0 heterocycles. The topological polar surface area (TPSA) is 38.0 Å². The van der Waals surface area contributed by atoms with Crippen LogP contribution in [0.15, 0.2) is 22.7 Å². The average Bonchev–Trinajstić information content (AvgIpc) is 2.34. The average molecular weight is 303 g/mol. The maximum Gasteiger partial charge on any atom is 0.142 e. The number of unbranched alkanes of at least 4 members (excludes halogenated alkanes) is 3. The lowest BCUT2D eigenvalue weighted by Gasteiger charge is -2.17. The number of halogens is 2. The number of nitrogens with two attached hydrogens (primary N) is 1. The van der Waals surface area contributed by atoms with Gasteiger partial charge in [0.05, 0.1) is 4.47 Å². The van der Waals surface area contributed by atoms with Crippen LogP contribution in [0.2, 0.25) is 0 Å². The molecule has 17 heavy (non-hydrogen) atoms. The highest BCUT2D eigenvalue weighted by atomic mass is 79.9. The Morgan fingerprint density at radius 2 is 2.12 bits per heavy atom. The normalized spacial score (nSPS) is 12.7. The molecule has 1 unspecified atom stereocenters. The fourth-order valence-corrected chi connectivity index (χ4v) is 2.27. The van der Waals surface area contributed by atoms with Crippen LogP contribution in [0.1, 0.15) is 50.6 Å². The van der Waals surface area contributed by atoms with Gasteiger partial charge < -0.3 is 0 Å². The predicted molar refractivity (Wildman–Crippen MR) is 72.9 cm³/mol. The van der Waals surface area contributed by atoms with E-state index < -0.39 is 0 Å². The molecule has 4 heteroatoms. The van der Waals surface area contributed by atoms with E-state index in [1.165, 1.54) is 19.3 Å². The second-order valence-electron chi connectivity index (χ2n) is 4.21. The fraction of sp³-hybridized carbons (Fsp3) is 0.538. The summed E-state index contributed by atoms with van der Waals surface area (Å²) in [6.45, 7) is 2.17. The molecule has 0 spiro atoms. The van der Waals surface area contributed by atoms with E-state index in [1.54, 1.807) is 12.1 Å². The first kappa shape index (κ1) is 14.6. The molecule has 0 amide bonds. The van der Waals surface area contributed by atoms with Gasteiger partial charge in [0.1, 0.15) is 5.82 Å². The lowest BCUT2D eigenvalue weighted by Crippen LogP contribution is -2.28. The van der Waals surface area contributed by atoms with Gasteiger partial charge in [0.25, 0.3) is 0 Å². The molecule has 1 rings (SSSR count). The second kappa shape index (κ2) is 7.80.